The second-order valence-corrected chi connectivity index (χ2v) is 3.77. The molecule has 0 amide bonds. The van der Waals surface area contributed by atoms with Crippen LogP contribution in [0.3, 0.4) is 0 Å². The normalized spacial score (nSPS) is 13.3. The Morgan fingerprint density at radius 3 is 2.93 bits per heavy atom. The van der Waals surface area contributed by atoms with Gasteiger partial charge in [-0.15, -0.1) is 5.10 Å². The zero-order chi connectivity index (χ0) is 9.97. The summed E-state index contributed by atoms with van der Waals surface area (Å²) in [5.41, 5.74) is 2.11. The monoisotopic (exact) mass is 189 g/mol. The molecule has 1 heterocycles. The van der Waals surface area contributed by atoms with Crippen LogP contribution in [0, 0.1) is 5.92 Å². The van der Waals surface area contributed by atoms with Crippen LogP contribution in [0.25, 0.3) is 11.0 Å². The van der Waals surface area contributed by atoms with E-state index >= 15 is 0 Å². The lowest BCUT2D eigenvalue weighted by molar-refractivity contribution is 0.440. The SMILES string of the molecule is CCC(C)Cn1nnc2ccccc21. The van der Waals surface area contributed by atoms with Crippen molar-refractivity contribution in [1.82, 2.24) is 15.0 Å². The molecule has 0 radical (unpaired) electrons. The second kappa shape index (κ2) is 3.78. The Balaban J connectivity index is 2.33. The minimum Gasteiger partial charge on any atom is -0.244 e. The second-order valence-electron chi connectivity index (χ2n) is 3.77. The van der Waals surface area contributed by atoms with Crippen LogP contribution in [0.5, 0.6) is 0 Å². The predicted octanol–water partition coefficient (Wildman–Crippen LogP) is 2.48. The Morgan fingerprint density at radius 1 is 1.36 bits per heavy atom. The molecule has 0 saturated carbocycles. The molecule has 2 aromatic rings. The van der Waals surface area contributed by atoms with Gasteiger partial charge >= 0.3 is 0 Å². The van der Waals surface area contributed by atoms with Crippen LogP contribution >= 0.6 is 0 Å². The molecular formula is C11H15N3. The van der Waals surface area contributed by atoms with Crippen LogP contribution in [0.15, 0.2) is 24.3 Å². The predicted molar refractivity (Wildman–Crippen MR) is 57.0 cm³/mol. The van der Waals surface area contributed by atoms with Crippen LogP contribution in [0.1, 0.15) is 20.3 Å². The van der Waals surface area contributed by atoms with Gasteiger partial charge in [0.05, 0.1) is 5.52 Å². The van der Waals surface area contributed by atoms with Gasteiger partial charge in [-0.1, -0.05) is 37.6 Å². The van der Waals surface area contributed by atoms with Crippen LogP contribution in [0.4, 0.5) is 0 Å². The minimum absolute atomic E-state index is 0.653. The van der Waals surface area contributed by atoms with Crippen molar-refractivity contribution < 1.29 is 0 Å². The number of para-hydroxylation sites is 1. The molecular weight excluding hydrogens is 174 g/mol. The Bertz CT molecular complexity index is 419. The third kappa shape index (κ3) is 1.62. The molecule has 0 aliphatic heterocycles. The fourth-order valence-electron chi connectivity index (χ4n) is 1.48. The van der Waals surface area contributed by atoms with Crippen molar-refractivity contribution >= 4 is 11.0 Å². The van der Waals surface area contributed by atoms with E-state index in [9.17, 15) is 0 Å². The topological polar surface area (TPSA) is 30.7 Å². The van der Waals surface area contributed by atoms with Crippen molar-refractivity contribution in [1.29, 1.82) is 0 Å². The van der Waals surface area contributed by atoms with Gasteiger partial charge in [0, 0.05) is 6.54 Å². The molecule has 0 N–H and O–H groups in total. The molecule has 0 saturated heterocycles. The van der Waals surface area contributed by atoms with Crippen LogP contribution in [-0.2, 0) is 6.54 Å². The minimum atomic E-state index is 0.653. The van der Waals surface area contributed by atoms with Gasteiger partial charge in [-0.25, -0.2) is 4.68 Å². The smallest absolute Gasteiger partial charge is 0.113 e. The van der Waals surface area contributed by atoms with Crippen molar-refractivity contribution in [3.8, 4) is 0 Å². The highest BCUT2D eigenvalue weighted by atomic mass is 15.4. The molecule has 1 atom stereocenters. The number of hydrogen-bond acceptors (Lipinski definition) is 2. The lowest BCUT2D eigenvalue weighted by Crippen LogP contribution is -2.07. The summed E-state index contributed by atoms with van der Waals surface area (Å²) < 4.78 is 1.99. The van der Waals surface area contributed by atoms with Gasteiger partial charge in [0.15, 0.2) is 0 Å². The highest BCUT2D eigenvalue weighted by Crippen LogP contribution is 2.12. The van der Waals surface area contributed by atoms with Gasteiger partial charge in [-0.3, -0.25) is 0 Å². The number of nitrogens with zero attached hydrogens (tertiary/aromatic N) is 3. The molecule has 2 rings (SSSR count). The summed E-state index contributed by atoms with van der Waals surface area (Å²) in [5, 5.41) is 8.27. The van der Waals surface area contributed by atoms with Gasteiger partial charge in [-0.05, 0) is 18.1 Å². The zero-order valence-corrected chi connectivity index (χ0v) is 8.64. The Kier molecular flexibility index (Phi) is 2.48. The summed E-state index contributed by atoms with van der Waals surface area (Å²) in [6.45, 7) is 5.39. The first-order valence-corrected chi connectivity index (χ1v) is 5.09. The average Bonchev–Trinajstić information content (AvgIpc) is 2.62. The highest BCUT2D eigenvalue weighted by Gasteiger charge is 2.05. The molecule has 0 bridgehead atoms. The Morgan fingerprint density at radius 2 is 2.14 bits per heavy atom. The van der Waals surface area contributed by atoms with E-state index in [1.54, 1.807) is 0 Å². The molecule has 1 aromatic heterocycles. The molecule has 1 aromatic carbocycles. The summed E-state index contributed by atoms with van der Waals surface area (Å²) in [4.78, 5) is 0. The van der Waals surface area contributed by atoms with Crippen molar-refractivity contribution in [3.05, 3.63) is 24.3 Å². The van der Waals surface area contributed by atoms with Crippen molar-refractivity contribution in [2.75, 3.05) is 0 Å². The van der Waals surface area contributed by atoms with E-state index in [1.165, 1.54) is 6.42 Å². The first-order valence-electron chi connectivity index (χ1n) is 5.09. The van der Waals surface area contributed by atoms with E-state index < -0.39 is 0 Å². The van der Waals surface area contributed by atoms with Crippen molar-refractivity contribution in [2.24, 2.45) is 5.92 Å². The van der Waals surface area contributed by atoms with Crippen molar-refractivity contribution in [3.63, 3.8) is 0 Å². The molecule has 74 valence electrons. The van der Waals surface area contributed by atoms with E-state index in [0.29, 0.717) is 5.92 Å². The maximum atomic E-state index is 4.15. The van der Waals surface area contributed by atoms with Crippen LogP contribution in [-0.4, -0.2) is 15.0 Å². The quantitative estimate of drug-likeness (QED) is 0.742. The van der Waals surface area contributed by atoms with E-state index in [4.69, 9.17) is 0 Å². The fraction of sp³-hybridized carbons (Fsp3) is 0.455. The van der Waals surface area contributed by atoms with Gasteiger partial charge in [-0.2, -0.15) is 0 Å². The number of aromatic nitrogens is 3. The maximum Gasteiger partial charge on any atom is 0.113 e. The highest BCUT2D eigenvalue weighted by molar-refractivity contribution is 5.73. The lowest BCUT2D eigenvalue weighted by atomic mass is 10.1. The molecule has 3 nitrogen and oxygen atoms in total. The third-order valence-electron chi connectivity index (χ3n) is 2.60. The van der Waals surface area contributed by atoms with E-state index in [0.717, 1.165) is 17.6 Å². The fourth-order valence-corrected chi connectivity index (χ4v) is 1.48. The van der Waals surface area contributed by atoms with Gasteiger partial charge in [0.25, 0.3) is 0 Å². The average molecular weight is 189 g/mol. The Labute approximate surface area is 83.7 Å². The third-order valence-corrected chi connectivity index (χ3v) is 2.60. The van der Waals surface area contributed by atoms with E-state index in [1.807, 2.05) is 22.9 Å². The van der Waals surface area contributed by atoms with E-state index in [2.05, 4.69) is 30.2 Å². The number of rotatable bonds is 3. The van der Waals surface area contributed by atoms with E-state index in [-0.39, 0.29) is 0 Å². The standard InChI is InChI=1S/C11H15N3/c1-3-9(2)8-14-11-7-5-4-6-10(11)12-13-14/h4-7,9H,3,8H2,1-2H3. The first kappa shape index (κ1) is 9.19. The molecule has 0 fully saturated rings. The van der Waals surface area contributed by atoms with Gasteiger partial charge in [0.2, 0.25) is 0 Å². The van der Waals surface area contributed by atoms with Crippen molar-refractivity contribution in [2.45, 2.75) is 26.8 Å². The first-order chi connectivity index (χ1) is 6.81. The van der Waals surface area contributed by atoms with Crippen LogP contribution < -0.4 is 0 Å². The molecule has 14 heavy (non-hydrogen) atoms. The Hall–Kier alpha value is -1.38. The summed E-state index contributed by atoms with van der Waals surface area (Å²) in [5.74, 6) is 0.653. The molecule has 0 aliphatic carbocycles. The molecule has 1 unspecified atom stereocenters. The number of benzene rings is 1. The largest absolute Gasteiger partial charge is 0.244 e. The maximum absolute atomic E-state index is 4.15. The van der Waals surface area contributed by atoms with Gasteiger partial charge < -0.3 is 0 Å². The zero-order valence-electron chi connectivity index (χ0n) is 8.64. The summed E-state index contributed by atoms with van der Waals surface area (Å²) in [7, 11) is 0. The number of fused-ring (bicyclic) bond motifs is 1. The molecule has 0 spiro atoms. The summed E-state index contributed by atoms with van der Waals surface area (Å²) in [6, 6.07) is 8.08. The summed E-state index contributed by atoms with van der Waals surface area (Å²) >= 11 is 0. The molecule has 0 aliphatic rings. The summed E-state index contributed by atoms with van der Waals surface area (Å²) in [6.07, 6.45) is 1.17. The number of hydrogen-bond donors (Lipinski definition) is 0. The molecule has 3 heteroatoms. The lowest BCUT2D eigenvalue weighted by Gasteiger charge is -2.07. The van der Waals surface area contributed by atoms with Crippen LogP contribution in [0.2, 0.25) is 0 Å². The van der Waals surface area contributed by atoms with Gasteiger partial charge in [0.1, 0.15) is 5.52 Å².